The van der Waals surface area contributed by atoms with Crippen molar-refractivity contribution in [3.05, 3.63) is 90.1 Å². The number of nitrogens with zero attached hydrogens (tertiary/aromatic N) is 2. The van der Waals surface area contributed by atoms with Gasteiger partial charge in [-0.2, -0.15) is 0 Å². The van der Waals surface area contributed by atoms with Gasteiger partial charge in [0.1, 0.15) is 12.1 Å². The molecule has 52 heavy (non-hydrogen) atoms. The monoisotopic (exact) mass is 746 g/mol. The molecular weight excluding hydrogens is 693 g/mol. The molecule has 13 nitrogen and oxygen atoms in total. The molecule has 3 aromatic rings. The molecule has 3 rings (SSSR count). The van der Waals surface area contributed by atoms with Crippen molar-refractivity contribution in [3.63, 3.8) is 0 Å². The van der Waals surface area contributed by atoms with E-state index in [2.05, 4.69) is 26.4 Å². The number of methoxy groups -OCH3 is 2. The summed E-state index contributed by atoms with van der Waals surface area (Å²) in [4.78, 5) is 56.3. The average Bonchev–Trinajstić information content (AvgIpc) is 3.08. The van der Waals surface area contributed by atoms with Crippen LogP contribution in [-0.2, 0) is 32.0 Å². The molecule has 0 aliphatic carbocycles. The number of alkyl carbamates (subject to hydrolysis) is 2. The standard InChI is InChI=1S/C38H52N6O7.Ca.2H/c1-37(2,3)31(41-35(48)50-7)33(46)40-29(22-25-14-10-9-11-15-25)30(45)24-44(43-34(47)32(38(4,5)6)42-36(49)51-8)23-26-17-19-27(20-18-26)28-16-12-13-21-39-28;;;/h9-21,29-32,45H,22-24H2,1-8H3,(H,40,46)(H,41,48)(H,42,49)(H,43,47);;;/t29-,30-,31+,32+;;;/m0.../s1. The van der Waals surface area contributed by atoms with Crippen LogP contribution in [0.4, 0.5) is 9.59 Å². The Balaban J connectivity index is 0.00000936. The van der Waals surface area contributed by atoms with Gasteiger partial charge in [0, 0.05) is 24.8 Å². The topological polar surface area (TPSA) is 171 Å². The molecule has 0 unspecified atom stereocenters. The van der Waals surface area contributed by atoms with Crippen LogP contribution in [0, 0.1) is 10.8 Å². The van der Waals surface area contributed by atoms with Gasteiger partial charge in [0.15, 0.2) is 0 Å². The number of hydrogen-bond acceptors (Lipinski definition) is 9. The van der Waals surface area contributed by atoms with Crippen molar-refractivity contribution in [2.24, 2.45) is 10.8 Å². The Labute approximate surface area is 336 Å². The minimum absolute atomic E-state index is 0. The fourth-order valence-electron chi connectivity index (χ4n) is 5.38. The van der Waals surface area contributed by atoms with Crippen LogP contribution < -0.4 is 21.4 Å². The van der Waals surface area contributed by atoms with Gasteiger partial charge in [-0.05, 0) is 40.5 Å². The number of pyridine rings is 1. The van der Waals surface area contributed by atoms with Crippen LogP contribution in [0.2, 0.25) is 0 Å². The summed E-state index contributed by atoms with van der Waals surface area (Å²) in [7, 11) is 2.44. The van der Waals surface area contributed by atoms with Gasteiger partial charge in [-0.1, -0.05) is 102 Å². The molecule has 0 saturated carbocycles. The molecule has 0 radical (unpaired) electrons. The summed E-state index contributed by atoms with van der Waals surface area (Å²) in [6.07, 6.45) is -0.778. The van der Waals surface area contributed by atoms with E-state index < -0.39 is 59.1 Å². The van der Waals surface area contributed by atoms with Gasteiger partial charge >= 0.3 is 49.9 Å². The summed E-state index contributed by atoms with van der Waals surface area (Å²) in [5.74, 6) is -1.03. The van der Waals surface area contributed by atoms with Gasteiger partial charge in [-0.25, -0.2) is 14.6 Å². The van der Waals surface area contributed by atoms with E-state index >= 15 is 0 Å². The maximum absolute atomic E-state index is 13.8. The van der Waals surface area contributed by atoms with Crippen molar-refractivity contribution < 1.29 is 33.8 Å². The van der Waals surface area contributed by atoms with Crippen LogP contribution in [0.1, 0.15) is 52.7 Å². The second-order valence-corrected chi connectivity index (χ2v) is 14.5. The second kappa shape index (κ2) is 20.5. The van der Waals surface area contributed by atoms with E-state index in [0.717, 1.165) is 22.4 Å². The predicted molar refractivity (Wildman–Crippen MR) is 202 cm³/mol. The van der Waals surface area contributed by atoms with E-state index in [-0.39, 0.29) is 57.2 Å². The normalized spacial score (nSPS) is 13.7. The Kier molecular flexibility index (Phi) is 17.5. The average molecular weight is 747 g/mol. The van der Waals surface area contributed by atoms with Crippen molar-refractivity contribution in [1.29, 1.82) is 0 Å². The first-order chi connectivity index (χ1) is 24.0. The molecular formula is C38H54CaN6O7. The summed E-state index contributed by atoms with van der Waals surface area (Å²) >= 11 is 0. The van der Waals surface area contributed by atoms with Gasteiger partial charge in [-0.15, -0.1) is 0 Å². The zero-order chi connectivity index (χ0) is 37.8. The number of aliphatic hydroxyl groups excluding tert-OH is 1. The van der Waals surface area contributed by atoms with Crippen molar-refractivity contribution >= 4 is 61.7 Å². The van der Waals surface area contributed by atoms with Gasteiger partial charge in [0.2, 0.25) is 5.91 Å². The van der Waals surface area contributed by atoms with Crippen LogP contribution in [0.25, 0.3) is 11.3 Å². The fraction of sp³-hybridized carbons (Fsp3) is 0.447. The van der Waals surface area contributed by atoms with E-state index in [1.54, 1.807) is 32.0 Å². The Morgan fingerprint density at radius 2 is 1.27 bits per heavy atom. The number of aliphatic hydroxyl groups is 1. The van der Waals surface area contributed by atoms with Gasteiger partial charge in [0.25, 0.3) is 5.91 Å². The number of ether oxygens (including phenoxy) is 2. The van der Waals surface area contributed by atoms with Gasteiger partial charge in [-0.3, -0.25) is 20.0 Å². The molecule has 0 bridgehead atoms. The Morgan fingerprint density at radius 3 is 1.77 bits per heavy atom. The second-order valence-electron chi connectivity index (χ2n) is 14.5. The number of rotatable bonds is 14. The van der Waals surface area contributed by atoms with Crippen LogP contribution in [-0.4, -0.2) is 122 Å². The van der Waals surface area contributed by atoms with Gasteiger partial charge < -0.3 is 30.5 Å². The minimum atomic E-state index is -1.22. The predicted octanol–water partition coefficient (Wildman–Crippen LogP) is 3.30. The summed E-state index contributed by atoms with van der Waals surface area (Å²) in [5, 5.41) is 21.6. The molecule has 1 heterocycles. The third kappa shape index (κ3) is 14.0. The molecule has 14 heteroatoms. The zero-order valence-electron chi connectivity index (χ0n) is 30.7. The molecule has 1 aromatic heterocycles. The number of aromatic nitrogens is 1. The number of carbonyl (C=O) groups is 4. The molecule has 0 fully saturated rings. The molecule has 0 aliphatic rings. The SMILES string of the molecule is COC(=O)N[C@H](C(=O)N[C@@H](Cc1ccccc1)[C@@H](O)CN(Cc1ccc(-c2ccccn2)cc1)NC(=O)[C@@H](NC(=O)OC)C(C)(C)C)C(C)(C)C.[CaH2]. The third-order valence-corrected chi connectivity index (χ3v) is 8.21. The number of carbonyl (C=O) groups excluding carboxylic acids is 4. The first-order valence-electron chi connectivity index (χ1n) is 16.8. The van der Waals surface area contributed by atoms with Crippen molar-refractivity contribution in [2.75, 3.05) is 20.8 Å². The first kappa shape index (κ1) is 44.4. The molecule has 5 N–H and O–H groups in total. The van der Waals surface area contributed by atoms with E-state index in [1.807, 2.05) is 93.6 Å². The summed E-state index contributed by atoms with van der Waals surface area (Å²) in [6, 6.07) is 19.8. The molecule has 0 aliphatic heterocycles. The molecule has 4 atom stereocenters. The molecule has 2 aromatic carbocycles. The van der Waals surface area contributed by atoms with E-state index in [0.29, 0.717) is 0 Å². The van der Waals surface area contributed by atoms with Crippen LogP contribution >= 0.6 is 0 Å². The molecule has 0 spiro atoms. The van der Waals surface area contributed by atoms with E-state index in [1.165, 1.54) is 14.2 Å². The van der Waals surface area contributed by atoms with Gasteiger partial charge in [0.05, 0.1) is 32.1 Å². The van der Waals surface area contributed by atoms with Crippen molar-refractivity contribution in [2.45, 2.75) is 78.7 Å². The van der Waals surface area contributed by atoms with Crippen LogP contribution in [0.3, 0.4) is 0 Å². The Hall–Kier alpha value is -3.75. The Morgan fingerprint density at radius 1 is 0.731 bits per heavy atom. The van der Waals surface area contributed by atoms with E-state index in [4.69, 9.17) is 9.47 Å². The first-order valence-corrected chi connectivity index (χ1v) is 16.8. The molecule has 4 amide bonds. The quantitative estimate of drug-likeness (QED) is 0.123. The summed E-state index contributed by atoms with van der Waals surface area (Å²) in [6.45, 7) is 10.9. The molecule has 280 valence electrons. The van der Waals surface area contributed by atoms with Crippen molar-refractivity contribution in [1.82, 2.24) is 31.4 Å². The summed E-state index contributed by atoms with van der Waals surface area (Å²) in [5.41, 5.74) is 4.88. The zero-order valence-corrected chi connectivity index (χ0v) is 30.7. The number of benzene rings is 2. The Bertz CT molecular complexity index is 1580. The number of hydrogen-bond donors (Lipinski definition) is 5. The maximum atomic E-state index is 13.8. The van der Waals surface area contributed by atoms with Crippen LogP contribution in [0.5, 0.6) is 0 Å². The third-order valence-electron chi connectivity index (χ3n) is 8.21. The number of nitrogens with one attached hydrogen (secondary N) is 4. The number of amides is 4. The fourth-order valence-corrected chi connectivity index (χ4v) is 5.38. The summed E-state index contributed by atoms with van der Waals surface area (Å²) < 4.78 is 9.54. The van der Waals surface area contributed by atoms with Crippen molar-refractivity contribution in [3.8, 4) is 11.3 Å². The molecule has 0 saturated heterocycles. The number of hydrazine groups is 1. The van der Waals surface area contributed by atoms with E-state index in [9.17, 15) is 24.3 Å². The van der Waals surface area contributed by atoms with Crippen LogP contribution in [0.15, 0.2) is 79.0 Å².